The van der Waals surface area contributed by atoms with Gasteiger partial charge >= 0.3 is 0 Å². The second-order valence-corrected chi connectivity index (χ2v) is 7.74. The predicted octanol–water partition coefficient (Wildman–Crippen LogP) is -0.432. The number of nitrogens with zero attached hydrogens (tertiary/aromatic N) is 2. The Balaban J connectivity index is 1.68. The van der Waals surface area contributed by atoms with Crippen LogP contribution in [0.1, 0.15) is 23.2 Å². The van der Waals surface area contributed by atoms with E-state index in [4.69, 9.17) is 0 Å². The number of carbonyl (C=O) groups is 3. The molecule has 3 rings (SSSR count). The molecule has 9 heteroatoms. The molecule has 0 bridgehead atoms. The topological polar surface area (TPSA) is 104 Å². The normalized spacial score (nSPS) is 18.2. The lowest BCUT2D eigenvalue weighted by molar-refractivity contribution is -0.134. The van der Waals surface area contributed by atoms with Gasteiger partial charge < -0.3 is 10.2 Å². The summed E-state index contributed by atoms with van der Waals surface area (Å²) >= 11 is 0. The highest BCUT2D eigenvalue weighted by Gasteiger charge is 2.42. The molecule has 24 heavy (non-hydrogen) atoms. The van der Waals surface area contributed by atoms with E-state index in [0.29, 0.717) is 4.31 Å². The summed E-state index contributed by atoms with van der Waals surface area (Å²) in [5.41, 5.74) is 0.0550. The van der Waals surface area contributed by atoms with Crippen molar-refractivity contribution in [2.24, 2.45) is 0 Å². The van der Waals surface area contributed by atoms with Crippen LogP contribution in [0.3, 0.4) is 0 Å². The summed E-state index contributed by atoms with van der Waals surface area (Å²) in [6, 6.07) is 6.00. The highest BCUT2D eigenvalue weighted by molar-refractivity contribution is 7.90. The monoisotopic (exact) mass is 351 g/mol. The third kappa shape index (κ3) is 2.99. The molecule has 1 aliphatic heterocycles. The number of nitrogens with one attached hydrogen (secondary N) is 1. The van der Waals surface area contributed by atoms with Gasteiger partial charge in [-0.2, -0.15) is 0 Å². The minimum Gasteiger partial charge on any atom is -0.352 e. The predicted molar refractivity (Wildman–Crippen MR) is 83.5 cm³/mol. The van der Waals surface area contributed by atoms with Crippen LogP contribution in [0.5, 0.6) is 0 Å². The molecule has 1 N–H and O–H groups in total. The molecule has 0 atom stereocenters. The summed E-state index contributed by atoms with van der Waals surface area (Å²) in [5.74, 6) is -1.65. The van der Waals surface area contributed by atoms with Crippen molar-refractivity contribution in [3.05, 3.63) is 29.8 Å². The number of benzene rings is 1. The van der Waals surface area contributed by atoms with Gasteiger partial charge in [-0.05, 0) is 25.0 Å². The van der Waals surface area contributed by atoms with Crippen molar-refractivity contribution in [1.29, 1.82) is 0 Å². The number of fused-ring (bicyclic) bond motifs is 1. The van der Waals surface area contributed by atoms with Crippen LogP contribution in [0, 0.1) is 0 Å². The highest BCUT2D eigenvalue weighted by Crippen LogP contribution is 2.29. The number of amides is 3. The number of hydrogen-bond acceptors (Lipinski definition) is 5. The van der Waals surface area contributed by atoms with E-state index < -0.39 is 28.4 Å². The van der Waals surface area contributed by atoms with Crippen molar-refractivity contribution >= 4 is 27.7 Å². The van der Waals surface area contributed by atoms with Crippen molar-refractivity contribution in [2.75, 3.05) is 20.1 Å². The third-order valence-corrected chi connectivity index (χ3v) is 5.73. The number of sulfonamides is 1. The van der Waals surface area contributed by atoms with Crippen LogP contribution in [0.2, 0.25) is 0 Å². The van der Waals surface area contributed by atoms with Crippen molar-refractivity contribution in [2.45, 2.75) is 23.8 Å². The van der Waals surface area contributed by atoms with Crippen LogP contribution >= 0.6 is 0 Å². The number of likely N-dealkylation sites (N-methyl/N-ethyl adjacent to an activating group) is 1. The summed E-state index contributed by atoms with van der Waals surface area (Å²) in [4.78, 5) is 37.2. The van der Waals surface area contributed by atoms with Crippen LogP contribution in [-0.2, 0) is 19.6 Å². The average molecular weight is 351 g/mol. The van der Waals surface area contributed by atoms with Crippen LogP contribution in [0.15, 0.2) is 29.2 Å². The van der Waals surface area contributed by atoms with E-state index in [9.17, 15) is 22.8 Å². The molecule has 0 saturated heterocycles. The van der Waals surface area contributed by atoms with Crippen LogP contribution in [-0.4, -0.2) is 61.5 Å². The van der Waals surface area contributed by atoms with E-state index >= 15 is 0 Å². The maximum absolute atomic E-state index is 12.4. The third-order valence-electron chi connectivity index (χ3n) is 3.94. The van der Waals surface area contributed by atoms with Gasteiger partial charge in [-0.3, -0.25) is 14.4 Å². The Bertz CT molecular complexity index is 816. The first-order valence-corrected chi connectivity index (χ1v) is 8.94. The van der Waals surface area contributed by atoms with Crippen LogP contribution in [0.25, 0.3) is 0 Å². The van der Waals surface area contributed by atoms with Gasteiger partial charge in [0.1, 0.15) is 11.4 Å². The van der Waals surface area contributed by atoms with Crippen molar-refractivity contribution in [1.82, 2.24) is 14.5 Å². The lowest BCUT2D eigenvalue weighted by Gasteiger charge is -2.20. The Kier molecular flexibility index (Phi) is 4.04. The molecule has 0 aromatic heterocycles. The summed E-state index contributed by atoms with van der Waals surface area (Å²) in [5, 5.41) is 2.74. The molecule has 2 aliphatic rings. The van der Waals surface area contributed by atoms with E-state index in [1.807, 2.05) is 0 Å². The molecule has 1 fully saturated rings. The number of hydrogen-bond donors (Lipinski definition) is 1. The van der Waals surface area contributed by atoms with Gasteiger partial charge in [0.15, 0.2) is 0 Å². The highest BCUT2D eigenvalue weighted by atomic mass is 32.2. The molecule has 1 aromatic carbocycles. The molecule has 3 amide bonds. The summed E-state index contributed by atoms with van der Waals surface area (Å²) in [7, 11) is -2.63. The van der Waals surface area contributed by atoms with Gasteiger partial charge in [0.05, 0.1) is 12.1 Å². The molecule has 0 radical (unpaired) electrons. The Morgan fingerprint density at radius 1 is 1.29 bits per heavy atom. The second kappa shape index (κ2) is 5.90. The molecule has 1 aliphatic carbocycles. The summed E-state index contributed by atoms with van der Waals surface area (Å²) < 4.78 is 25.3. The lowest BCUT2D eigenvalue weighted by atomic mass is 10.2. The average Bonchev–Trinajstić information content (AvgIpc) is 3.32. The van der Waals surface area contributed by atoms with E-state index in [-0.39, 0.29) is 29.0 Å². The largest absolute Gasteiger partial charge is 0.352 e. The van der Waals surface area contributed by atoms with Gasteiger partial charge in [0.25, 0.3) is 15.9 Å². The van der Waals surface area contributed by atoms with Crippen molar-refractivity contribution < 1.29 is 22.8 Å². The first-order chi connectivity index (χ1) is 11.3. The SMILES string of the molecule is CN(CC(=O)NC1CC1)C(=O)CN1C(=O)c2ccccc2S1(=O)=O. The maximum Gasteiger partial charge on any atom is 0.269 e. The zero-order chi connectivity index (χ0) is 17.5. The van der Waals surface area contributed by atoms with E-state index in [1.165, 1.54) is 25.2 Å². The molecule has 0 unspecified atom stereocenters. The number of carbonyl (C=O) groups excluding carboxylic acids is 3. The molecule has 0 spiro atoms. The van der Waals surface area contributed by atoms with Gasteiger partial charge in [-0.15, -0.1) is 0 Å². The van der Waals surface area contributed by atoms with Crippen LogP contribution in [0.4, 0.5) is 0 Å². The molecule has 8 nitrogen and oxygen atoms in total. The van der Waals surface area contributed by atoms with E-state index in [2.05, 4.69) is 5.32 Å². The molecular formula is C15H17N3O5S. The van der Waals surface area contributed by atoms with Gasteiger partial charge in [-0.1, -0.05) is 12.1 Å². The minimum atomic E-state index is -4.03. The van der Waals surface area contributed by atoms with Gasteiger partial charge in [-0.25, -0.2) is 12.7 Å². The molecule has 1 heterocycles. The van der Waals surface area contributed by atoms with Crippen LogP contribution < -0.4 is 5.32 Å². The standard InChI is InChI=1S/C15H17N3O5S/c1-17(8-13(19)16-10-6-7-10)14(20)9-18-15(21)11-4-2-3-5-12(11)24(18,22)23/h2-5,10H,6-9H2,1H3,(H,16,19). The smallest absolute Gasteiger partial charge is 0.269 e. The zero-order valence-electron chi connectivity index (χ0n) is 13.1. The fraction of sp³-hybridized carbons (Fsp3) is 0.400. The molecule has 1 aromatic rings. The minimum absolute atomic E-state index is 0.0550. The maximum atomic E-state index is 12.4. The van der Waals surface area contributed by atoms with Gasteiger partial charge in [0, 0.05) is 13.1 Å². The summed E-state index contributed by atoms with van der Waals surface area (Å²) in [6.45, 7) is -0.798. The second-order valence-electron chi connectivity index (χ2n) is 5.90. The fourth-order valence-corrected chi connectivity index (χ4v) is 3.95. The zero-order valence-corrected chi connectivity index (χ0v) is 13.9. The summed E-state index contributed by atoms with van der Waals surface area (Å²) in [6.07, 6.45) is 1.87. The molecule has 128 valence electrons. The quantitative estimate of drug-likeness (QED) is 0.775. The Morgan fingerprint density at radius 2 is 1.96 bits per heavy atom. The first-order valence-electron chi connectivity index (χ1n) is 7.50. The molecular weight excluding hydrogens is 334 g/mol. The van der Waals surface area contributed by atoms with Crippen molar-refractivity contribution in [3.8, 4) is 0 Å². The Labute approximate surface area is 139 Å². The lowest BCUT2D eigenvalue weighted by Crippen LogP contribution is -2.45. The first kappa shape index (κ1) is 16.4. The molecule has 1 saturated carbocycles. The number of rotatable bonds is 5. The van der Waals surface area contributed by atoms with E-state index in [0.717, 1.165) is 17.7 Å². The van der Waals surface area contributed by atoms with Crippen molar-refractivity contribution in [3.63, 3.8) is 0 Å². The van der Waals surface area contributed by atoms with E-state index in [1.54, 1.807) is 6.07 Å². The Hall–Kier alpha value is -2.42. The fourth-order valence-electron chi connectivity index (χ4n) is 2.44. The Morgan fingerprint density at radius 3 is 2.58 bits per heavy atom. The van der Waals surface area contributed by atoms with Gasteiger partial charge in [0.2, 0.25) is 11.8 Å².